The second kappa shape index (κ2) is 3.87. The molecule has 3 nitrogen and oxygen atoms in total. The van der Waals surface area contributed by atoms with Crippen molar-refractivity contribution in [3.05, 3.63) is 33.2 Å². The van der Waals surface area contributed by atoms with Gasteiger partial charge in [-0.05, 0) is 22.6 Å². The molecule has 0 aromatic rings. The fourth-order valence-electron chi connectivity index (χ4n) is 1.11. The number of halogens is 4. The molecular weight excluding hydrogens is 324 g/mol. The van der Waals surface area contributed by atoms with E-state index >= 15 is 0 Å². The Morgan fingerprint density at radius 3 is 2.40 bits per heavy atom. The van der Waals surface area contributed by atoms with Crippen molar-refractivity contribution in [1.29, 1.82) is 0 Å². The van der Waals surface area contributed by atoms with Crippen molar-refractivity contribution >= 4 is 28.5 Å². The van der Waals surface area contributed by atoms with E-state index in [0.717, 1.165) is 6.20 Å². The predicted molar refractivity (Wildman–Crippen MR) is 56.7 cm³/mol. The Hall–Kier alpha value is -0.990. The van der Waals surface area contributed by atoms with Crippen LogP contribution < -0.4 is 11.1 Å². The second-order valence-corrected chi connectivity index (χ2v) is 3.89. The topological polar surface area (TPSA) is 55.1 Å². The van der Waals surface area contributed by atoms with Crippen molar-refractivity contribution in [2.45, 2.75) is 6.18 Å². The van der Waals surface area contributed by atoms with E-state index in [1.54, 1.807) is 0 Å². The van der Waals surface area contributed by atoms with Gasteiger partial charge in [0.1, 0.15) is 0 Å². The molecule has 1 heterocycles. The lowest BCUT2D eigenvalue weighted by molar-refractivity contribution is -0.116. The van der Waals surface area contributed by atoms with Gasteiger partial charge in [0.25, 0.3) is 5.91 Å². The van der Waals surface area contributed by atoms with Crippen LogP contribution in [0.5, 0.6) is 0 Å². The maximum atomic E-state index is 12.6. The van der Waals surface area contributed by atoms with Gasteiger partial charge in [-0.2, -0.15) is 13.2 Å². The first-order valence-corrected chi connectivity index (χ1v) is 4.76. The molecule has 0 saturated heterocycles. The minimum Gasteiger partial charge on any atom is -0.366 e. The minimum absolute atomic E-state index is 0.124. The number of hydrogen-bond acceptors (Lipinski definition) is 2. The Morgan fingerprint density at radius 2 is 2.07 bits per heavy atom. The molecule has 3 N–H and O–H groups in total. The van der Waals surface area contributed by atoms with Crippen molar-refractivity contribution < 1.29 is 18.0 Å². The van der Waals surface area contributed by atoms with E-state index in [9.17, 15) is 18.0 Å². The van der Waals surface area contributed by atoms with Crippen molar-refractivity contribution in [3.8, 4) is 0 Å². The number of carbonyl (C=O) groups is 1. The quantitative estimate of drug-likeness (QED) is 0.720. The molecule has 0 bridgehead atoms. The summed E-state index contributed by atoms with van der Waals surface area (Å²) in [6, 6.07) is 0. The number of rotatable bonds is 1. The van der Waals surface area contributed by atoms with Crippen LogP contribution in [0.2, 0.25) is 0 Å². The van der Waals surface area contributed by atoms with Gasteiger partial charge in [0, 0.05) is 15.5 Å². The first-order chi connectivity index (χ1) is 6.75. The molecule has 1 rings (SSSR count). The number of hydrogen-bond donors (Lipinski definition) is 2. The maximum absolute atomic E-state index is 12.6. The fraction of sp³-hybridized carbons (Fsp3) is 0.125. The lowest BCUT2D eigenvalue weighted by atomic mass is 10.0. The molecule has 82 valence electrons. The molecule has 0 spiro atoms. The van der Waals surface area contributed by atoms with E-state index in [2.05, 4.69) is 11.9 Å². The van der Waals surface area contributed by atoms with Crippen LogP contribution in [0.15, 0.2) is 33.2 Å². The normalized spacial score (nSPS) is 17.3. The zero-order chi connectivity index (χ0) is 11.8. The third-order valence-electron chi connectivity index (χ3n) is 1.69. The van der Waals surface area contributed by atoms with Crippen LogP contribution >= 0.6 is 22.6 Å². The average molecular weight is 330 g/mol. The largest absolute Gasteiger partial charge is 0.418 e. The zero-order valence-electron chi connectivity index (χ0n) is 7.28. The number of amides is 1. The van der Waals surface area contributed by atoms with E-state index in [0.29, 0.717) is 0 Å². The van der Waals surface area contributed by atoms with Crippen LogP contribution in [0.25, 0.3) is 0 Å². The Morgan fingerprint density at radius 1 is 1.53 bits per heavy atom. The molecule has 0 aliphatic carbocycles. The Labute approximate surface area is 97.0 Å². The summed E-state index contributed by atoms with van der Waals surface area (Å²) in [5.41, 5.74) is 3.08. The zero-order valence-corrected chi connectivity index (χ0v) is 9.44. The van der Waals surface area contributed by atoms with Gasteiger partial charge in [0.2, 0.25) is 0 Å². The number of dihydropyridines is 1. The molecule has 1 amide bonds. The first kappa shape index (κ1) is 12.1. The Bertz CT molecular complexity index is 395. The van der Waals surface area contributed by atoms with Crippen molar-refractivity contribution in [2.24, 2.45) is 5.73 Å². The molecule has 0 atom stereocenters. The van der Waals surface area contributed by atoms with Gasteiger partial charge >= 0.3 is 6.18 Å². The smallest absolute Gasteiger partial charge is 0.366 e. The summed E-state index contributed by atoms with van der Waals surface area (Å²) in [6.07, 6.45) is -3.50. The lowest BCUT2D eigenvalue weighted by Crippen LogP contribution is -2.30. The molecule has 0 radical (unpaired) electrons. The average Bonchev–Trinajstić information content (AvgIpc) is 2.05. The highest BCUT2D eigenvalue weighted by Crippen LogP contribution is 2.39. The summed E-state index contributed by atoms with van der Waals surface area (Å²) in [5.74, 6) is -1.15. The third-order valence-corrected chi connectivity index (χ3v) is 2.54. The molecule has 1 aliphatic heterocycles. The number of nitrogens with two attached hydrogens (primary N) is 1. The fourth-order valence-corrected chi connectivity index (χ4v) is 1.85. The molecule has 1 aliphatic rings. The van der Waals surface area contributed by atoms with Crippen molar-refractivity contribution in [2.75, 3.05) is 0 Å². The highest BCUT2D eigenvalue weighted by Gasteiger charge is 2.41. The number of allylic oxidation sites excluding steroid dienone is 2. The van der Waals surface area contributed by atoms with Crippen LogP contribution in [0.4, 0.5) is 13.2 Å². The number of alkyl halides is 3. The van der Waals surface area contributed by atoms with Gasteiger partial charge in [-0.1, -0.05) is 6.58 Å². The lowest BCUT2D eigenvalue weighted by Gasteiger charge is -2.21. The molecule has 0 saturated carbocycles. The first-order valence-electron chi connectivity index (χ1n) is 3.68. The number of primary amides is 1. The van der Waals surface area contributed by atoms with Gasteiger partial charge in [0.15, 0.2) is 0 Å². The van der Waals surface area contributed by atoms with Gasteiger partial charge in [-0.15, -0.1) is 0 Å². The van der Waals surface area contributed by atoms with E-state index in [1.807, 2.05) is 0 Å². The van der Waals surface area contributed by atoms with Gasteiger partial charge in [-0.3, -0.25) is 4.79 Å². The van der Waals surface area contributed by atoms with Gasteiger partial charge in [-0.25, -0.2) is 0 Å². The van der Waals surface area contributed by atoms with Crippen molar-refractivity contribution in [1.82, 2.24) is 5.32 Å². The molecule has 0 aromatic carbocycles. The van der Waals surface area contributed by atoms with E-state index in [1.165, 1.54) is 22.6 Å². The van der Waals surface area contributed by atoms with Crippen LogP contribution in [0, 0.1) is 0 Å². The van der Waals surface area contributed by atoms with Crippen LogP contribution in [-0.4, -0.2) is 12.1 Å². The minimum atomic E-state index is -4.62. The monoisotopic (exact) mass is 330 g/mol. The summed E-state index contributed by atoms with van der Waals surface area (Å²) in [4.78, 5) is 10.9. The summed E-state index contributed by atoms with van der Waals surface area (Å²) in [7, 11) is 0. The Kier molecular flexibility index (Phi) is 3.12. The highest BCUT2D eigenvalue weighted by atomic mass is 127. The number of nitrogens with one attached hydrogen (secondary N) is 1. The molecule has 15 heavy (non-hydrogen) atoms. The predicted octanol–water partition coefficient (Wildman–Crippen LogP) is 1.72. The third kappa shape index (κ3) is 2.33. The molecule has 0 fully saturated rings. The standard InChI is InChI=1S/C8H6F3IN2O/c1-3-5(7(13)15)6(8(9,10)11)4(12)2-14-3/h2,14H,1H2,(H2,13,15). The summed E-state index contributed by atoms with van der Waals surface area (Å²) < 4.78 is 37.7. The van der Waals surface area contributed by atoms with Crippen LogP contribution in [0.1, 0.15) is 0 Å². The summed E-state index contributed by atoms with van der Waals surface area (Å²) in [6.45, 7) is 3.30. The van der Waals surface area contributed by atoms with E-state index in [4.69, 9.17) is 5.73 Å². The van der Waals surface area contributed by atoms with E-state index in [-0.39, 0.29) is 9.28 Å². The molecular formula is C8H6F3IN2O. The highest BCUT2D eigenvalue weighted by molar-refractivity contribution is 14.1. The molecule has 0 unspecified atom stereocenters. The van der Waals surface area contributed by atoms with E-state index < -0.39 is 23.2 Å². The molecule has 7 heteroatoms. The SMILES string of the molecule is C=C1NC=C(I)C(C(F)(F)F)=C1C(N)=O. The summed E-state index contributed by atoms with van der Waals surface area (Å²) in [5, 5.41) is 2.44. The number of carbonyl (C=O) groups excluding carboxylic acids is 1. The second-order valence-electron chi connectivity index (χ2n) is 2.73. The molecule has 0 aromatic heterocycles. The van der Waals surface area contributed by atoms with Gasteiger partial charge < -0.3 is 11.1 Å². The van der Waals surface area contributed by atoms with Crippen LogP contribution in [0.3, 0.4) is 0 Å². The van der Waals surface area contributed by atoms with Crippen LogP contribution in [-0.2, 0) is 4.79 Å². The van der Waals surface area contributed by atoms with Gasteiger partial charge in [0.05, 0.1) is 11.1 Å². The summed E-state index contributed by atoms with van der Waals surface area (Å²) >= 11 is 1.47. The van der Waals surface area contributed by atoms with Crippen molar-refractivity contribution in [3.63, 3.8) is 0 Å². The maximum Gasteiger partial charge on any atom is 0.418 e. The Balaban J connectivity index is 3.45.